The number of piperidine rings is 1. The van der Waals surface area contributed by atoms with E-state index in [-0.39, 0.29) is 28.7 Å². The fourth-order valence-corrected chi connectivity index (χ4v) is 3.57. The van der Waals surface area contributed by atoms with Gasteiger partial charge in [0.25, 0.3) is 6.43 Å². The Morgan fingerprint density at radius 3 is 2.86 bits per heavy atom. The zero-order valence-electron chi connectivity index (χ0n) is 11.7. The lowest BCUT2D eigenvalue weighted by Gasteiger charge is -2.17. The fraction of sp³-hybridized carbons (Fsp3) is 0.571. The second kappa shape index (κ2) is 4.98. The number of carbonyl (C=O) groups is 1. The predicted molar refractivity (Wildman–Crippen MR) is 78.3 cm³/mol. The zero-order chi connectivity index (χ0) is 15.4. The van der Waals surface area contributed by atoms with E-state index in [1.165, 1.54) is 6.07 Å². The summed E-state index contributed by atoms with van der Waals surface area (Å²) in [6.45, 7) is 3.71. The molecular formula is C14H16BrF2N3O. The van der Waals surface area contributed by atoms with Gasteiger partial charge in [0.2, 0.25) is 5.91 Å². The van der Waals surface area contributed by atoms with Gasteiger partial charge in [0.05, 0.1) is 11.6 Å². The summed E-state index contributed by atoms with van der Waals surface area (Å²) < 4.78 is 26.7. The first kappa shape index (κ1) is 14.8. The van der Waals surface area contributed by atoms with Crippen LogP contribution in [0.5, 0.6) is 0 Å². The van der Waals surface area contributed by atoms with Crippen LogP contribution >= 0.6 is 15.9 Å². The number of fused-ring (bicyclic) bond motifs is 1. The summed E-state index contributed by atoms with van der Waals surface area (Å²) >= 11 is 3.17. The van der Waals surface area contributed by atoms with Gasteiger partial charge in [-0.15, -0.1) is 0 Å². The molecule has 1 saturated carbocycles. The second-order valence-electron chi connectivity index (χ2n) is 6.15. The SMILES string of the molecule is Cc1cc(Br)nc(NC(=O)[C@@H]2C[C@@]3(C)C[C@H]3N2)c1C(F)F. The smallest absolute Gasteiger partial charge is 0.267 e. The summed E-state index contributed by atoms with van der Waals surface area (Å²) in [5.41, 5.74) is 0.367. The van der Waals surface area contributed by atoms with E-state index in [1.54, 1.807) is 6.92 Å². The number of rotatable bonds is 3. The third-order valence-corrected chi connectivity index (χ3v) is 4.84. The third-order valence-electron chi connectivity index (χ3n) is 4.43. The number of anilines is 1. The van der Waals surface area contributed by atoms with Crippen molar-refractivity contribution in [2.24, 2.45) is 5.41 Å². The van der Waals surface area contributed by atoms with Crippen LogP contribution in [0.3, 0.4) is 0 Å². The van der Waals surface area contributed by atoms with Crippen molar-refractivity contribution in [3.63, 3.8) is 0 Å². The van der Waals surface area contributed by atoms with Crippen LogP contribution in [-0.4, -0.2) is 23.0 Å². The monoisotopic (exact) mass is 359 g/mol. The Morgan fingerprint density at radius 1 is 1.57 bits per heavy atom. The van der Waals surface area contributed by atoms with Gasteiger partial charge in [0.15, 0.2) is 0 Å². The number of nitrogens with zero attached hydrogens (tertiary/aromatic N) is 1. The van der Waals surface area contributed by atoms with Gasteiger partial charge in [-0.25, -0.2) is 13.8 Å². The molecule has 0 spiro atoms. The van der Waals surface area contributed by atoms with Crippen molar-refractivity contribution in [1.82, 2.24) is 10.3 Å². The average molecular weight is 360 g/mol. The molecule has 1 aliphatic heterocycles. The summed E-state index contributed by atoms with van der Waals surface area (Å²) in [5, 5.41) is 5.78. The van der Waals surface area contributed by atoms with E-state index in [0.29, 0.717) is 16.2 Å². The Morgan fingerprint density at radius 2 is 2.29 bits per heavy atom. The molecule has 2 aliphatic rings. The molecule has 0 unspecified atom stereocenters. The van der Waals surface area contributed by atoms with E-state index in [9.17, 15) is 13.6 Å². The fourth-order valence-electron chi connectivity index (χ4n) is 3.05. The van der Waals surface area contributed by atoms with Gasteiger partial charge in [-0.3, -0.25) is 4.79 Å². The third kappa shape index (κ3) is 2.68. The number of hydrogen-bond acceptors (Lipinski definition) is 3. The maximum atomic E-state index is 13.2. The van der Waals surface area contributed by atoms with E-state index in [4.69, 9.17) is 0 Å². The first-order valence-corrected chi connectivity index (χ1v) is 7.61. The van der Waals surface area contributed by atoms with E-state index >= 15 is 0 Å². The highest BCUT2D eigenvalue weighted by atomic mass is 79.9. The number of aryl methyl sites for hydroxylation is 1. The summed E-state index contributed by atoms with van der Waals surface area (Å²) in [6.07, 6.45) is -0.864. The van der Waals surface area contributed by atoms with Crippen molar-refractivity contribution in [2.75, 3.05) is 5.32 Å². The number of carbonyl (C=O) groups excluding carboxylic acids is 1. The molecule has 3 atom stereocenters. The normalized spacial score (nSPS) is 30.4. The van der Waals surface area contributed by atoms with Crippen LogP contribution in [0.1, 0.15) is 37.3 Å². The highest BCUT2D eigenvalue weighted by Gasteiger charge is 2.58. The highest BCUT2D eigenvalue weighted by Crippen LogP contribution is 2.54. The Balaban J connectivity index is 1.80. The standard InChI is InChI=1S/C14H16BrF2N3O/c1-6-3-9(15)19-12(10(6)11(16)17)20-13(21)7-4-14(2)5-8(14)18-7/h3,7-8,11,18H,4-5H2,1-2H3,(H,19,20,21)/t7-,8+,14-/m0/s1. The van der Waals surface area contributed by atoms with Crippen molar-refractivity contribution in [3.8, 4) is 0 Å². The minimum atomic E-state index is -2.68. The van der Waals surface area contributed by atoms with Crippen molar-refractivity contribution in [2.45, 2.75) is 45.2 Å². The number of pyridine rings is 1. The number of alkyl halides is 2. The second-order valence-corrected chi connectivity index (χ2v) is 6.96. The molecule has 1 saturated heterocycles. The molecule has 114 valence electrons. The van der Waals surface area contributed by atoms with Crippen molar-refractivity contribution < 1.29 is 13.6 Å². The quantitative estimate of drug-likeness (QED) is 0.815. The molecule has 21 heavy (non-hydrogen) atoms. The van der Waals surface area contributed by atoms with Gasteiger partial charge in [0.1, 0.15) is 10.4 Å². The van der Waals surface area contributed by atoms with Gasteiger partial charge >= 0.3 is 0 Å². The molecule has 0 bridgehead atoms. The molecule has 0 aromatic carbocycles. The van der Waals surface area contributed by atoms with Crippen LogP contribution in [0, 0.1) is 12.3 Å². The van der Waals surface area contributed by atoms with Crippen LogP contribution in [0.15, 0.2) is 10.7 Å². The van der Waals surface area contributed by atoms with Crippen molar-refractivity contribution in [3.05, 3.63) is 21.8 Å². The first-order chi connectivity index (χ1) is 9.80. The maximum absolute atomic E-state index is 13.2. The number of aromatic nitrogens is 1. The summed E-state index contributed by atoms with van der Waals surface area (Å²) in [7, 11) is 0. The highest BCUT2D eigenvalue weighted by molar-refractivity contribution is 9.10. The topological polar surface area (TPSA) is 54.0 Å². The Labute approximate surface area is 129 Å². The van der Waals surface area contributed by atoms with Crippen LogP contribution in [0.25, 0.3) is 0 Å². The van der Waals surface area contributed by atoms with E-state index < -0.39 is 6.43 Å². The molecule has 2 N–H and O–H groups in total. The molecule has 1 aromatic heterocycles. The van der Waals surface area contributed by atoms with Gasteiger partial charge < -0.3 is 10.6 Å². The van der Waals surface area contributed by atoms with E-state index in [0.717, 1.165) is 12.8 Å². The molecule has 1 aliphatic carbocycles. The van der Waals surface area contributed by atoms with Gasteiger partial charge in [-0.1, -0.05) is 6.92 Å². The minimum Gasteiger partial charge on any atom is -0.309 e. The molecule has 2 heterocycles. The largest absolute Gasteiger partial charge is 0.309 e. The molecule has 1 aromatic rings. The van der Waals surface area contributed by atoms with Crippen molar-refractivity contribution >= 4 is 27.7 Å². The molecule has 0 radical (unpaired) electrons. The van der Waals surface area contributed by atoms with Crippen LogP contribution in [-0.2, 0) is 4.79 Å². The number of hydrogen-bond donors (Lipinski definition) is 2. The van der Waals surface area contributed by atoms with Crippen LogP contribution in [0.2, 0.25) is 0 Å². The van der Waals surface area contributed by atoms with Gasteiger partial charge in [-0.2, -0.15) is 0 Å². The summed E-state index contributed by atoms with van der Waals surface area (Å²) in [6, 6.07) is 1.56. The summed E-state index contributed by atoms with van der Waals surface area (Å²) in [4.78, 5) is 16.2. The Hall–Kier alpha value is -1.08. The van der Waals surface area contributed by atoms with Gasteiger partial charge in [0, 0.05) is 6.04 Å². The lowest BCUT2D eigenvalue weighted by atomic mass is 10.0. The predicted octanol–water partition coefficient (Wildman–Crippen LogP) is 3.17. The Kier molecular flexibility index (Phi) is 3.52. The van der Waals surface area contributed by atoms with Crippen LogP contribution in [0.4, 0.5) is 14.6 Å². The average Bonchev–Trinajstić information content (AvgIpc) is 2.85. The zero-order valence-corrected chi connectivity index (χ0v) is 13.3. The molecule has 3 rings (SSSR count). The molecule has 2 fully saturated rings. The minimum absolute atomic E-state index is 0.0607. The number of amides is 1. The lowest BCUT2D eigenvalue weighted by molar-refractivity contribution is -0.118. The van der Waals surface area contributed by atoms with Crippen molar-refractivity contribution in [1.29, 1.82) is 0 Å². The van der Waals surface area contributed by atoms with E-state index in [2.05, 4.69) is 38.5 Å². The molecule has 7 heteroatoms. The molecule has 4 nitrogen and oxygen atoms in total. The molecule has 1 amide bonds. The maximum Gasteiger partial charge on any atom is 0.267 e. The lowest BCUT2D eigenvalue weighted by Crippen LogP contribution is -2.38. The van der Waals surface area contributed by atoms with Gasteiger partial charge in [-0.05, 0) is 52.7 Å². The number of nitrogens with one attached hydrogen (secondary N) is 2. The van der Waals surface area contributed by atoms with Crippen LogP contribution < -0.4 is 10.6 Å². The summed E-state index contributed by atoms with van der Waals surface area (Å²) in [5.74, 6) is -0.357. The number of halogens is 3. The Bertz CT molecular complexity index is 610. The van der Waals surface area contributed by atoms with E-state index in [1.807, 2.05) is 0 Å². The molecular weight excluding hydrogens is 344 g/mol. The first-order valence-electron chi connectivity index (χ1n) is 6.82.